The summed E-state index contributed by atoms with van der Waals surface area (Å²) >= 11 is 0. The Balaban J connectivity index is 2.20. The van der Waals surface area contributed by atoms with Crippen LogP contribution in [0.4, 0.5) is 0 Å². The van der Waals surface area contributed by atoms with Crippen LogP contribution >= 0.6 is 0 Å². The van der Waals surface area contributed by atoms with Crippen molar-refractivity contribution < 1.29 is 4.74 Å². The number of hydrogen-bond acceptors (Lipinski definition) is 1. The van der Waals surface area contributed by atoms with Crippen LogP contribution in [0.25, 0.3) is 0 Å². The first kappa shape index (κ1) is 3.16. The molecule has 0 bridgehead atoms. The van der Waals surface area contributed by atoms with Crippen molar-refractivity contribution in [3.63, 3.8) is 0 Å². The first-order chi connectivity index (χ1) is 2.30. The van der Waals surface area contributed by atoms with Crippen LogP contribution in [-0.4, -0.2) is 6.10 Å². The Morgan fingerprint density at radius 2 is 2.00 bits per heavy atom. The van der Waals surface area contributed by atoms with Crippen molar-refractivity contribution in [1.82, 2.24) is 0 Å². The van der Waals surface area contributed by atoms with Gasteiger partial charge in [-0.2, -0.15) is 0 Å². The van der Waals surface area contributed by atoms with Crippen molar-refractivity contribution in [2.75, 3.05) is 0 Å². The van der Waals surface area contributed by atoms with Gasteiger partial charge in [-0.05, 0) is 13.8 Å². The molecule has 29 valence electrons. The molecule has 1 aliphatic rings. The molecule has 0 saturated carbocycles. The van der Waals surface area contributed by atoms with E-state index in [1.807, 2.05) is 13.8 Å². The molecule has 0 N–H and O–H groups in total. The van der Waals surface area contributed by atoms with Gasteiger partial charge in [0, 0.05) is 0 Å². The minimum absolute atomic E-state index is 0.468. The smallest absolute Gasteiger partial charge is 0.123 e. The van der Waals surface area contributed by atoms with Gasteiger partial charge in [0.15, 0.2) is 0 Å². The standard InChI is InChI=1S/C4H7O/c1-3-4(2)5-3/h3H,1-2H3. The van der Waals surface area contributed by atoms with E-state index in [9.17, 15) is 0 Å². The van der Waals surface area contributed by atoms with Crippen molar-refractivity contribution in [3.05, 3.63) is 6.10 Å². The molecule has 0 amide bonds. The second kappa shape index (κ2) is 0.716. The number of epoxide rings is 1. The molecule has 0 spiro atoms. The third kappa shape index (κ3) is 0.428. The van der Waals surface area contributed by atoms with Crippen LogP contribution in [0.15, 0.2) is 0 Å². The highest BCUT2D eigenvalue weighted by Crippen LogP contribution is 2.27. The molecule has 1 unspecified atom stereocenters. The topological polar surface area (TPSA) is 12.5 Å². The van der Waals surface area contributed by atoms with Gasteiger partial charge in [0.2, 0.25) is 0 Å². The fourth-order valence-corrected chi connectivity index (χ4v) is 0.245. The summed E-state index contributed by atoms with van der Waals surface area (Å²) in [5, 5.41) is 0. The normalized spacial score (nSPS) is 38.4. The Kier molecular flexibility index (Phi) is 0.453. The molecule has 1 radical (unpaired) electrons. The van der Waals surface area contributed by atoms with Gasteiger partial charge in [0.05, 0.1) is 6.10 Å². The molecule has 1 nitrogen and oxygen atoms in total. The van der Waals surface area contributed by atoms with Crippen LogP contribution in [0.3, 0.4) is 0 Å². The summed E-state index contributed by atoms with van der Waals surface area (Å²) in [5.74, 6) is 0. The first-order valence-electron chi connectivity index (χ1n) is 1.81. The van der Waals surface area contributed by atoms with Gasteiger partial charge in [0.1, 0.15) is 6.10 Å². The lowest BCUT2D eigenvalue weighted by Crippen LogP contribution is -1.65. The molecule has 5 heavy (non-hydrogen) atoms. The fraction of sp³-hybridized carbons (Fsp3) is 0.750. The zero-order valence-electron chi connectivity index (χ0n) is 3.49. The van der Waals surface area contributed by atoms with E-state index in [-0.39, 0.29) is 0 Å². The maximum Gasteiger partial charge on any atom is 0.123 e. The summed E-state index contributed by atoms with van der Waals surface area (Å²) in [7, 11) is 0. The zero-order valence-corrected chi connectivity index (χ0v) is 3.49. The van der Waals surface area contributed by atoms with E-state index in [1.165, 1.54) is 6.10 Å². The van der Waals surface area contributed by atoms with Crippen molar-refractivity contribution >= 4 is 0 Å². The van der Waals surface area contributed by atoms with E-state index in [4.69, 9.17) is 4.74 Å². The molecule has 0 aromatic rings. The zero-order chi connectivity index (χ0) is 3.86. The number of ether oxygens (including phenoxy) is 1. The summed E-state index contributed by atoms with van der Waals surface area (Å²) in [6.07, 6.45) is 1.64. The quantitative estimate of drug-likeness (QED) is 0.387. The van der Waals surface area contributed by atoms with Gasteiger partial charge in [-0.15, -0.1) is 0 Å². The molecular weight excluding hydrogens is 64.0 g/mol. The van der Waals surface area contributed by atoms with E-state index in [0.717, 1.165) is 0 Å². The molecule has 1 heteroatoms. The molecule has 1 heterocycles. The first-order valence-corrected chi connectivity index (χ1v) is 1.81. The van der Waals surface area contributed by atoms with Crippen LogP contribution in [0, 0.1) is 6.10 Å². The van der Waals surface area contributed by atoms with E-state index < -0.39 is 0 Å². The van der Waals surface area contributed by atoms with Crippen molar-refractivity contribution in [2.24, 2.45) is 0 Å². The highest BCUT2D eigenvalue weighted by atomic mass is 16.6. The highest BCUT2D eigenvalue weighted by molar-refractivity contribution is 4.94. The second-order valence-corrected chi connectivity index (χ2v) is 1.37. The van der Waals surface area contributed by atoms with Crippen LogP contribution in [-0.2, 0) is 4.74 Å². The number of hydrogen-bond donors (Lipinski definition) is 0. The molecule has 1 rings (SSSR count). The maximum atomic E-state index is 4.83. The fourth-order valence-electron chi connectivity index (χ4n) is 0.245. The average molecular weight is 71.1 g/mol. The lowest BCUT2D eigenvalue weighted by atomic mass is 10.4. The van der Waals surface area contributed by atoms with Crippen molar-refractivity contribution in [3.8, 4) is 0 Å². The van der Waals surface area contributed by atoms with E-state index >= 15 is 0 Å². The van der Waals surface area contributed by atoms with E-state index in [2.05, 4.69) is 0 Å². The Labute approximate surface area is 31.9 Å². The summed E-state index contributed by atoms with van der Waals surface area (Å²) in [6, 6.07) is 0. The van der Waals surface area contributed by atoms with E-state index in [1.54, 1.807) is 0 Å². The minimum Gasteiger partial charge on any atom is -0.363 e. The van der Waals surface area contributed by atoms with Gasteiger partial charge in [-0.25, -0.2) is 0 Å². The maximum absolute atomic E-state index is 4.83. The van der Waals surface area contributed by atoms with Crippen LogP contribution in [0.1, 0.15) is 13.8 Å². The summed E-state index contributed by atoms with van der Waals surface area (Å²) < 4.78 is 4.83. The summed E-state index contributed by atoms with van der Waals surface area (Å²) in [6.45, 7) is 4.03. The summed E-state index contributed by atoms with van der Waals surface area (Å²) in [5.41, 5.74) is 0. The van der Waals surface area contributed by atoms with Gasteiger partial charge >= 0.3 is 0 Å². The number of rotatable bonds is 0. The van der Waals surface area contributed by atoms with E-state index in [0.29, 0.717) is 6.10 Å². The second-order valence-electron chi connectivity index (χ2n) is 1.37. The molecule has 1 aliphatic heterocycles. The van der Waals surface area contributed by atoms with Crippen LogP contribution < -0.4 is 0 Å². The molecule has 0 aromatic heterocycles. The monoisotopic (exact) mass is 71.0 g/mol. The molecule has 0 aromatic carbocycles. The lowest BCUT2D eigenvalue weighted by molar-refractivity contribution is 0.424. The molecule has 1 atom stereocenters. The minimum atomic E-state index is 0.468. The molecule has 1 fully saturated rings. The van der Waals surface area contributed by atoms with Gasteiger partial charge in [-0.3, -0.25) is 0 Å². The Morgan fingerprint density at radius 1 is 1.80 bits per heavy atom. The highest BCUT2D eigenvalue weighted by Gasteiger charge is 2.29. The van der Waals surface area contributed by atoms with Gasteiger partial charge < -0.3 is 4.74 Å². The van der Waals surface area contributed by atoms with Crippen LogP contribution in [0.5, 0.6) is 0 Å². The van der Waals surface area contributed by atoms with Gasteiger partial charge in [-0.1, -0.05) is 0 Å². The largest absolute Gasteiger partial charge is 0.363 e. The van der Waals surface area contributed by atoms with Crippen LogP contribution in [0.2, 0.25) is 0 Å². The SMILES string of the molecule is C[C]1OC1C. The lowest BCUT2D eigenvalue weighted by Gasteiger charge is -1.55. The third-order valence-electron chi connectivity index (χ3n) is 0.878. The van der Waals surface area contributed by atoms with Crippen molar-refractivity contribution in [2.45, 2.75) is 20.0 Å². The molecular formula is C4H7O. The Bertz CT molecular complexity index is 36.9. The molecule has 0 aliphatic carbocycles. The Morgan fingerprint density at radius 3 is 2.00 bits per heavy atom. The van der Waals surface area contributed by atoms with Crippen molar-refractivity contribution in [1.29, 1.82) is 0 Å². The average Bonchev–Trinajstić information content (AvgIpc) is 1.79. The molecule has 1 saturated heterocycles. The predicted octanol–water partition coefficient (Wildman–Crippen LogP) is 0.957. The Hall–Kier alpha value is -0.0400. The van der Waals surface area contributed by atoms with Gasteiger partial charge in [0.25, 0.3) is 0 Å². The third-order valence-corrected chi connectivity index (χ3v) is 0.878. The summed E-state index contributed by atoms with van der Waals surface area (Å²) in [4.78, 5) is 0. The predicted molar refractivity (Wildman–Crippen MR) is 19.5 cm³/mol.